The van der Waals surface area contributed by atoms with Crippen LogP contribution < -0.4 is 5.32 Å². The van der Waals surface area contributed by atoms with Crippen LogP contribution in [0.2, 0.25) is 0 Å². The summed E-state index contributed by atoms with van der Waals surface area (Å²) in [4.78, 5) is 23.3. The van der Waals surface area contributed by atoms with Crippen molar-refractivity contribution in [1.29, 1.82) is 0 Å². The molecule has 0 aliphatic carbocycles. The molecule has 1 aliphatic heterocycles. The second kappa shape index (κ2) is 7.40. The van der Waals surface area contributed by atoms with Gasteiger partial charge in [0.05, 0.1) is 6.04 Å². The minimum Gasteiger partial charge on any atom is -0.479 e. The number of carboxylic acid groups (broad SMARTS) is 1. The summed E-state index contributed by atoms with van der Waals surface area (Å²) in [6, 6.07) is 9.73. The Morgan fingerprint density at radius 1 is 1.23 bits per heavy atom. The first-order valence-corrected chi connectivity index (χ1v) is 7.71. The Bertz CT molecular complexity index is 515. The molecule has 0 aromatic heterocycles. The van der Waals surface area contributed by atoms with Gasteiger partial charge in [-0.2, -0.15) is 0 Å². The molecule has 1 heterocycles. The van der Waals surface area contributed by atoms with E-state index in [0.717, 1.165) is 12.0 Å². The van der Waals surface area contributed by atoms with E-state index in [1.54, 1.807) is 0 Å². The molecule has 2 N–H and O–H groups in total. The summed E-state index contributed by atoms with van der Waals surface area (Å²) < 4.78 is 5.31. The summed E-state index contributed by atoms with van der Waals surface area (Å²) in [5.41, 5.74) is 1.05. The lowest BCUT2D eigenvalue weighted by Gasteiger charge is -2.23. The van der Waals surface area contributed by atoms with Crippen molar-refractivity contribution >= 4 is 11.9 Å². The summed E-state index contributed by atoms with van der Waals surface area (Å²) >= 11 is 0. The van der Waals surface area contributed by atoms with Crippen LogP contribution in [-0.4, -0.2) is 29.2 Å². The number of nitrogens with one attached hydrogen (secondary N) is 1. The highest BCUT2D eigenvalue weighted by Crippen LogP contribution is 2.24. The Morgan fingerprint density at radius 3 is 2.41 bits per heavy atom. The van der Waals surface area contributed by atoms with Crippen molar-refractivity contribution in [2.75, 3.05) is 0 Å². The van der Waals surface area contributed by atoms with E-state index >= 15 is 0 Å². The molecular weight excluding hydrogens is 282 g/mol. The maximum atomic E-state index is 12.3. The molecule has 1 unspecified atom stereocenters. The van der Waals surface area contributed by atoms with E-state index in [-0.39, 0.29) is 11.9 Å². The number of benzene rings is 1. The molecule has 1 aliphatic rings. The number of hydrogen-bond donors (Lipinski definition) is 2. The third-order valence-corrected chi connectivity index (χ3v) is 3.81. The number of carbonyl (C=O) groups excluding carboxylic acids is 1. The van der Waals surface area contributed by atoms with Gasteiger partial charge in [-0.3, -0.25) is 4.79 Å². The normalized spacial score (nSPS) is 22.5. The Morgan fingerprint density at radius 2 is 1.86 bits per heavy atom. The fraction of sp³-hybridized carbons (Fsp3) is 0.529. The molecule has 1 aromatic rings. The van der Waals surface area contributed by atoms with E-state index in [9.17, 15) is 9.59 Å². The molecule has 1 saturated heterocycles. The molecule has 5 heteroatoms. The maximum absolute atomic E-state index is 12.3. The third-order valence-electron chi connectivity index (χ3n) is 3.81. The van der Waals surface area contributed by atoms with Crippen molar-refractivity contribution in [2.24, 2.45) is 5.92 Å². The first-order chi connectivity index (χ1) is 10.5. The standard InChI is InChI=1S/C17H23NO4/c1-11(2)10-13(12-6-4-3-5-7-12)18-16(19)14-8-9-15(22-14)17(20)21/h3-7,11,13-15H,8-10H2,1-2H3,(H,18,19)(H,20,21)/t13?,14-,15+/m0/s1. The summed E-state index contributed by atoms with van der Waals surface area (Å²) in [6.45, 7) is 4.21. The van der Waals surface area contributed by atoms with Crippen molar-refractivity contribution in [3.05, 3.63) is 35.9 Å². The van der Waals surface area contributed by atoms with Gasteiger partial charge in [-0.05, 0) is 30.7 Å². The number of hydrogen-bond acceptors (Lipinski definition) is 3. The molecule has 0 radical (unpaired) electrons. The van der Waals surface area contributed by atoms with Gasteiger partial charge in [0.15, 0.2) is 6.10 Å². The molecule has 5 nitrogen and oxygen atoms in total. The SMILES string of the molecule is CC(C)CC(NC(=O)[C@@H]1CC[C@H](C(=O)O)O1)c1ccccc1. The van der Waals surface area contributed by atoms with Gasteiger partial charge in [0.25, 0.3) is 0 Å². The minimum atomic E-state index is -1.00. The molecule has 2 rings (SSSR count). The Kier molecular flexibility index (Phi) is 5.55. The fourth-order valence-electron chi connectivity index (χ4n) is 2.71. The van der Waals surface area contributed by atoms with Gasteiger partial charge in [0.2, 0.25) is 5.91 Å². The molecule has 1 fully saturated rings. The average molecular weight is 305 g/mol. The highest BCUT2D eigenvalue weighted by molar-refractivity contribution is 5.83. The smallest absolute Gasteiger partial charge is 0.332 e. The number of carbonyl (C=O) groups is 2. The molecule has 22 heavy (non-hydrogen) atoms. The average Bonchev–Trinajstić information content (AvgIpc) is 2.97. The van der Waals surface area contributed by atoms with Crippen LogP contribution in [0.25, 0.3) is 0 Å². The lowest BCUT2D eigenvalue weighted by molar-refractivity contribution is -0.151. The van der Waals surface area contributed by atoms with Gasteiger partial charge in [-0.25, -0.2) is 4.79 Å². The molecule has 0 saturated carbocycles. The zero-order valence-electron chi connectivity index (χ0n) is 13.0. The van der Waals surface area contributed by atoms with Crippen molar-refractivity contribution in [2.45, 2.75) is 51.4 Å². The van der Waals surface area contributed by atoms with Gasteiger partial charge >= 0.3 is 5.97 Å². The van der Waals surface area contributed by atoms with E-state index < -0.39 is 18.2 Å². The first kappa shape index (κ1) is 16.5. The second-order valence-corrected chi connectivity index (χ2v) is 6.13. The number of aliphatic carboxylic acids is 1. The molecule has 0 bridgehead atoms. The van der Waals surface area contributed by atoms with E-state index in [1.807, 2.05) is 30.3 Å². The molecule has 0 spiro atoms. The zero-order chi connectivity index (χ0) is 16.1. The van der Waals surface area contributed by atoms with E-state index in [0.29, 0.717) is 18.8 Å². The monoisotopic (exact) mass is 305 g/mol. The van der Waals surface area contributed by atoms with Gasteiger partial charge in [-0.15, -0.1) is 0 Å². The minimum absolute atomic E-state index is 0.0822. The Hall–Kier alpha value is -1.88. The summed E-state index contributed by atoms with van der Waals surface area (Å²) in [6.07, 6.45) is 0.125. The van der Waals surface area contributed by atoms with Crippen LogP contribution in [0.4, 0.5) is 0 Å². The van der Waals surface area contributed by atoms with Gasteiger partial charge in [0, 0.05) is 0 Å². The van der Waals surface area contributed by atoms with Crippen molar-refractivity contribution in [3.8, 4) is 0 Å². The number of ether oxygens (including phenoxy) is 1. The van der Waals surface area contributed by atoms with Crippen molar-refractivity contribution < 1.29 is 19.4 Å². The van der Waals surface area contributed by atoms with Crippen LogP contribution in [0.3, 0.4) is 0 Å². The van der Waals surface area contributed by atoms with E-state index in [1.165, 1.54) is 0 Å². The second-order valence-electron chi connectivity index (χ2n) is 6.13. The van der Waals surface area contributed by atoms with Crippen molar-refractivity contribution in [3.63, 3.8) is 0 Å². The summed E-state index contributed by atoms with van der Waals surface area (Å²) in [5.74, 6) is -0.794. The maximum Gasteiger partial charge on any atom is 0.332 e. The van der Waals surface area contributed by atoms with E-state index in [2.05, 4.69) is 19.2 Å². The quantitative estimate of drug-likeness (QED) is 0.847. The summed E-state index contributed by atoms with van der Waals surface area (Å²) in [5, 5.41) is 11.9. The van der Waals surface area contributed by atoms with E-state index in [4.69, 9.17) is 9.84 Å². The molecule has 1 aromatic carbocycles. The Balaban J connectivity index is 2.01. The van der Waals surface area contributed by atoms with Crippen LogP contribution in [0.15, 0.2) is 30.3 Å². The van der Waals surface area contributed by atoms with Crippen LogP contribution in [0, 0.1) is 5.92 Å². The van der Waals surface area contributed by atoms with Crippen LogP contribution in [-0.2, 0) is 14.3 Å². The molecular formula is C17H23NO4. The predicted molar refractivity (Wildman–Crippen MR) is 82.3 cm³/mol. The topological polar surface area (TPSA) is 75.6 Å². The van der Waals surface area contributed by atoms with Crippen LogP contribution in [0.5, 0.6) is 0 Å². The van der Waals surface area contributed by atoms with Crippen molar-refractivity contribution in [1.82, 2.24) is 5.32 Å². The number of rotatable bonds is 6. The molecule has 1 amide bonds. The highest BCUT2D eigenvalue weighted by Gasteiger charge is 2.35. The van der Waals surface area contributed by atoms with Crippen LogP contribution in [0.1, 0.15) is 44.7 Å². The van der Waals surface area contributed by atoms with Gasteiger partial charge < -0.3 is 15.2 Å². The van der Waals surface area contributed by atoms with Crippen LogP contribution >= 0.6 is 0 Å². The highest BCUT2D eigenvalue weighted by atomic mass is 16.5. The predicted octanol–water partition coefficient (Wildman–Crippen LogP) is 2.52. The lowest BCUT2D eigenvalue weighted by Crippen LogP contribution is -2.38. The lowest BCUT2D eigenvalue weighted by atomic mass is 9.96. The number of carboxylic acids is 1. The molecule has 120 valence electrons. The zero-order valence-corrected chi connectivity index (χ0v) is 13.0. The summed E-state index contributed by atoms with van der Waals surface area (Å²) in [7, 11) is 0. The number of amides is 1. The Labute approximate surface area is 130 Å². The fourth-order valence-corrected chi connectivity index (χ4v) is 2.71. The van der Waals surface area contributed by atoms with Gasteiger partial charge in [0.1, 0.15) is 6.10 Å². The van der Waals surface area contributed by atoms with Gasteiger partial charge in [-0.1, -0.05) is 44.2 Å². The largest absolute Gasteiger partial charge is 0.479 e. The molecule has 3 atom stereocenters. The first-order valence-electron chi connectivity index (χ1n) is 7.71. The third kappa shape index (κ3) is 4.31.